The minimum atomic E-state index is -1.07. The zero-order valence-corrected chi connectivity index (χ0v) is 32.0. The van der Waals surface area contributed by atoms with Crippen molar-refractivity contribution in [3.8, 4) is 33.4 Å². The number of carbonyl (C=O) groups excluding carboxylic acids is 5. The largest absolute Gasteiger partial charge is 0.478 e. The number of halogens is 1. The number of benzene rings is 7. The molecule has 290 valence electrons. The molecule has 10 rings (SSSR count). The average molecular weight is 809 g/mol. The van der Waals surface area contributed by atoms with E-state index in [-0.39, 0.29) is 46.2 Å². The first kappa shape index (κ1) is 39.0. The predicted octanol–water partition coefficient (Wildman–Crippen LogP) is 9.89. The van der Waals surface area contributed by atoms with Crippen LogP contribution in [0.4, 0.5) is 0 Å². The van der Waals surface area contributed by atoms with E-state index in [0.29, 0.717) is 50.1 Å². The Bertz CT molecular complexity index is 2920. The Balaban J connectivity index is 0.000000129. The molecule has 10 heteroatoms. The Morgan fingerprint density at radius 1 is 0.400 bits per heavy atom. The van der Waals surface area contributed by atoms with Gasteiger partial charge in [0, 0.05) is 50.9 Å². The normalized spacial score (nSPS) is 12.0. The molecule has 0 spiro atoms. The van der Waals surface area contributed by atoms with E-state index in [1.54, 1.807) is 72.8 Å². The van der Waals surface area contributed by atoms with Gasteiger partial charge >= 0.3 is 11.9 Å². The molecule has 2 N–H and O–H groups in total. The summed E-state index contributed by atoms with van der Waals surface area (Å²) in [7, 11) is 0. The van der Waals surface area contributed by atoms with Gasteiger partial charge in [0.25, 0.3) is 5.24 Å². The first-order valence-corrected chi connectivity index (χ1v) is 18.9. The molecular weight excluding hydrogens is 780 g/mol. The second-order valence-corrected chi connectivity index (χ2v) is 14.3. The topological polar surface area (TPSA) is 160 Å². The van der Waals surface area contributed by atoms with Crippen LogP contribution < -0.4 is 0 Å². The summed E-state index contributed by atoms with van der Waals surface area (Å²) < 4.78 is 0. The van der Waals surface area contributed by atoms with Crippen LogP contribution >= 0.6 is 11.6 Å². The number of carboxylic acids is 2. The second kappa shape index (κ2) is 15.8. The number of hydrogen-bond donors (Lipinski definition) is 2. The summed E-state index contributed by atoms with van der Waals surface area (Å²) in [6.45, 7) is 0. The molecule has 3 aliphatic rings. The number of fused-ring (bicyclic) bond motifs is 9. The number of carboxylic acid groups (broad SMARTS) is 2. The molecule has 0 heterocycles. The summed E-state index contributed by atoms with van der Waals surface area (Å²) in [5.74, 6) is -2.77. The van der Waals surface area contributed by atoms with Gasteiger partial charge in [0.1, 0.15) is 0 Å². The highest BCUT2D eigenvalue weighted by atomic mass is 35.5. The van der Waals surface area contributed by atoms with Crippen molar-refractivity contribution in [2.45, 2.75) is 6.42 Å². The molecule has 0 bridgehead atoms. The molecule has 0 saturated heterocycles. The number of carbonyl (C=O) groups is 7. The standard InChI is InChI=1S/C22H14O4.C14H7ClO2.C14H8O3/c23-19(12-13-5-3-6-14(11-13)22(25)26)18-10-4-9-16-15-7-1-2-8-17(15)21(24)20(16)18;15-14(17)11-7-3-6-9-8-4-1-2-5-10(8)13(16)12(9)11;15-13-10-5-2-1-4-8(10)9-6-3-7-11(12(9)13)14(16)17/h1-11H,12H2,(H,25,26);1-7H;1-7H,(H,16,17). The van der Waals surface area contributed by atoms with Crippen molar-refractivity contribution >= 4 is 51.9 Å². The molecule has 0 fully saturated rings. The first-order valence-electron chi connectivity index (χ1n) is 18.6. The van der Waals surface area contributed by atoms with E-state index in [9.17, 15) is 33.6 Å². The Kier molecular flexibility index (Phi) is 10.3. The fraction of sp³-hybridized carbons (Fsp3) is 0.0200. The lowest BCUT2D eigenvalue weighted by atomic mass is 9.94. The van der Waals surface area contributed by atoms with Crippen LogP contribution in [0.2, 0.25) is 0 Å². The zero-order valence-electron chi connectivity index (χ0n) is 31.3. The summed E-state index contributed by atoms with van der Waals surface area (Å²) in [5.41, 5.74) is 9.27. The molecule has 0 radical (unpaired) electrons. The van der Waals surface area contributed by atoms with Crippen LogP contribution in [0.25, 0.3) is 33.4 Å². The fourth-order valence-corrected chi connectivity index (χ4v) is 8.04. The molecule has 60 heavy (non-hydrogen) atoms. The van der Waals surface area contributed by atoms with E-state index >= 15 is 0 Å². The third-order valence-electron chi connectivity index (χ3n) is 10.5. The molecule has 3 aliphatic carbocycles. The van der Waals surface area contributed by atoms with Crippen molar-refractivity contribution in [2.75, 3.05) is 0 Å². The molecule has 0 saturated carbocycles. The van der Waals surface area contributed by atoms with Gasteiger partial charge in [-0.2, -0.15) is 0 Å². The van der Waals surface area contributed by atoms with Crippen LogP contribution in [-0.4, -0.2) is 50.5 Å². The molecular formula is C50H29ClO9. The average Bonchev–Trinajstić information content (AvgIpc) is 3.85. The minimum absolute atomic E-state index is 0.0429. The molecule has 9 nitrogen and oxygen atoms in total. The lowest BCUT2D eigenvalue weighted by Crippen LogP contribution is -2.10. The summed E-state index contributed by atoms with van der Waals surface area (Å²) in [6.07, 6.45) is 0.0429. The van der Waals surface area contributed by atoms with Gasteiger partial charge in [0.2, 0.25) is 0 Å². The van der Waals surface area contributed by atoms with Gasteiger partial charge in [-0.15, -0.1) is 0 Å². The van der Waals surface area contributed by atoms with Crippen molar-refractivity contribution in [3.05, 3.63) is 213 Å². The van der Waals surface area contributed by atoms with Crippen molar-refractivity contribution in [3.63, 3.8) is 0 Å². The first-order chi connectivity index (χ1) is 29.0. The number of rotatable bonds is 6. The maximum Gasteiger partial charge on any atom is 0.336 e. The third kappa shape index (κ3) is 6.82. The summed E-state index contributed by atoms with van der Waals surface area (Å²) in [4.78, 5) is 83.5. The summed E-state index contributed by atoms with van der Waals surface area (Å²) >= 11 is 5.50. The fourth-order valence-electron chi connectivity index (χ4n) is 7.89. The van der Waals surface area contributed by atoms with Crippen LogP contribution in [0.5, 0.6) is 0 Å². The summed E-state index contributed by atoms with van der Waals surface area (Å²) in [5, 5.41) is 17.6. The Labute approximate surface area is 347 Å². The molecule has 7 aromatic rings. The number of Topliss-reactive ketones (excluding diaryl/α,β-unsaturated/α-hetero) is 1. The maximum absolute atomic E-state index is 12.9. The zero-order chi connectivity index (χ0) is 42.2. The van der Waals surface area contributed by atoms with Crippen LogP contribution in [-0.2, 0) is 6.42 Å². The van der Waals surface area contributed by atoms with Gasteiger partial charge in [-0.1, -0.05) is 127 Å². The van der Waals surface area contributed by atoms with Gasteiger partial charge in [-0.25, -0.2) is 9.59 Å². The number of aromatic carboxylic acids is 2. The Morgan fingerprint density at radius 3 is 1.20 bits per heavy atom. The van der Waals surface area contributed by atoms with Crippen molar-refractivity contribution in [1.29, 1.82) is 0 Å². The highest BCUT2D eigenvalue weighted by Crippen LogP contribution is 2.40. The van der Waals surface area contributed by atoms with Gasteiger partial charge in [-0.05, 0) is 74.8 Å². The highest BCUT2D eigenvalue weighted by molar-refractivity contribution is 6.68. The van der Waals surface area contributed by atoms with Crippen LogP contribution in [0.3, 0.4) is 0 Å². The lowest BCUT2D eigenvalue weighted by molar-refractivity contribution is 0.0685. The van der Waals surface area contributed by atoms with Crippen molar-refractivity contribution < 1.29 is 43.8 Å². The van der Waals surface area contributed by atoms with E-state index in [1.807, 2.05) is 60.7 Å². The van der Waals surface area contributed by atoms with Gasteiger partial charge in [-0.3, -0.25) is 24.0 Å². The molecule has 7 aromatic carbocycles. The van der Waals surface area contributed by atoms with Crippen molar-refractivity contribution in [1.82, 2.24) is 0 Å². The van der Waals surface area contributed by atoms with E-state index < -0.39 is 17.2 Å². The summed E-state index contributed by atoms with van der Waals surface area (Å²) in [6, 6.07) is 43.5. The third-order valence-corrected chi connectivity index (χ3v) is 10.7. The van der Waals surface area contributed by atoms with Gasteiger partial charge < -0.3 is 10.2 Å². The van der Waals surface area contributed by atoms with E-state index in [1.165, 1.54) is 18.2 Å². The molecule has 0 unspecified atom stereocenters. The van der Waals surface area contributed by atoms with E-state index in [4.69, 9.17) is 21.8 Å². The van der Waals surface area contributed by atoms with Gasteiger partial charge in [0.15, 0.2) is 23.1 Å². The Morgan fingerprint density at radius 2 is 0.767 bits per heavy atom. The predicted molar refractivity (Wildman–Crippen MR) is 225 cm³/mol. The van der Waals surface area contributed by atoms with Crippen LogP contribution in [0, 0.1) is 0 Å². The molecule has 0 amide bonds. The van der Waals surface area contributed by atoms with Crippen molar-refractivity contribution in [2.24, 2.45) is 0 Å². The lowest BCUT2D eigenvalue weighted by Gasteiger charge is -2.07. The minimum Gasteiger partial charge on any atom is -0.478 e. The van der Waals surface area contributed by atoms with Crippen LogP contribution in [0.1, 0.15) is 94.8 Å². The second-order valence-electron chi connectivity index (χ2n) is 14.0. The van der Waals surface area contributed by atoms with E-state index in [0.717, 1.165) is 27.8 Å². The number of hydrogen-bond acceptors (Lipinski definition) is 7. The molecule has 0 aromatic heterocycles. The Hall–Kier alpha value is -7.88. The van der Waals surface area contributed by atoms with Gasteiger partial charge in [0.05, 0.1) is 11.1 Å². The maximum atomic E-state index is 12.9. The molecule has 0 atom stereocenters. The SMILES string of the molecule is O=C(Cl)c1cccc2c1C(=O)c1ccccc1-2.O=C(O)c1cccc(CC(=O)c2cccc3c2C(=O)c2ccccc2-3)c1.O=C(O)c1cccc2c1C(=O)c1ccccc1-2. The molecule has 0 aliphatic heterocycles. The number of ketones is 4. The monoisotopic (exact) mass is 808 g/mol. The smallest absolute Gasteiger partial charge is 0.336 e. The van der Waals surface area contributed by atoms with E-state index in [2.05, 4.69) is 0 Å². The highest BCUT2D eigenvalue weighted by Gasteiger charge is 2.32. The quantitative estimate of drug-likeness (QED) is 0.123. The van der Waals surface area contributed by atoms with Crippen LogP contribution in [0.15, 0.2) is 152 Å².